The molecule has 0 saturated heterocycles. The van der Waals surface area contributed by atoms with Gasteiger partial charge in [-0.15, -0.1) is 11.6 Å². The van der Waals surface area contributed by atoms with Crippen molar-refractivity contribution in [1.29, 1.82) is 0 Å². The molecule has 0 N–H and O–H groups in total. The Balaban J connectivity index is 2.14. The fourth-order valence-electron chi connectivity index (χ4n) is 2.66. The number of benzene rings is 1. The van der Waals surface area contributed by atoms with E-state index >= 15 is 0 Å². The molecule has 0 aliphatic heterocycles. The Kier molecular flexibility index (Phi) is 6.13. The molecule has 0 spiro atoms. The van der Waals surface area contributed by atoms with Gasteiger partial charge in [-0.25, -0.2) is 0 Å². The van der Waals surface area contributed by atoms with Crippen molar-refractivity contribution in [1.82, 2.24) is 9.78 Å². The molecule has 114 valence electrons. The molecule has 1 heterocycles. The molecule has 0 amide bonds. The maximum Gasteiger partial charge on any atom is 0.0631 e. The van der Waals surface area contributed by atoms with Crippen LogP contribution in [-0.4, -0.2) is 15.7 Å². The van der Waals surface area contributed by atoms with E-state index in [1.54, 1.807) is 0 Å². The molecule has 0 aliphatic rings. The first kappa shape index (κ1) is 16.4. The summed E-state index contributed by atoms with van der Waals surface area (Å²) in [6, 6.07) is 10.5. The first-order valence-electron chi connectivity index (χ1n) is 7.54. The smallest absolute Gasteiger partial charge is 0.0631 e. The third-order valence-corrected chi connectivity index (χ3v) is 4.68. The largest absolute Gasteiger partial charge is 0.269 e. The predicted octanol–water partition coefficient (Wildman–Crippen LogP) is 5.46. The van der Waals surface area contributed by atoms with Gasteiger partial charge in [0.05, 0.1) is 11.7 Å². The van der Waals surface area contributed by atoms with Crippen molar-refractivity contribution in [3.8, 4) is 0 Å². The molecule has 1 atom stereocenters. The van der Waals surface area contributed by atoms with Crippen molar-refractivity contribution in [2.24, 2.45) is 0 Å². The maximum atomic E-state index is 6.28. The van der Waals surface area contributed by atoms with Crippen LogP contribution in [0.5, 0.6) is 0 Å². The third-order valence-electron chi connectivity index (χ3n) is 3.97. The second-order valence-corrected chi connectivity index (χ2v) is 6.05. The van der Waals surface area contributed by atoms with Crippen molar-refractivity contribution in [2.75, 3.05) is 5.88 Å². The van der Waals surface area contributed by atoms with E-state index in [1.165, 1.54) is 0 Å². The van der Waals surface area contributed by atoms with Crippen LogP contribution in [0.4, 0.5) is 0 Å². The lowest BCUT2D eigenvalue weighted by atomic mass is 9.96. The van der Waals surface area contributed by atoms with Crippen LogP contribution >= 0.6 is 23.2 Å². The van der Waals surface area contributed by atoms with Crippen LogP contribution in [0.1, 0.15) is 49.9 Å². The van der Waals surface area contributed by atoms with Gasteiger partial charge in [0, 0.05) is 23.0 Å². The van der Waals surface area contributed by atoms with E-state index in [1.807, 2.05) is 24.3 Å². The van der Waals surface area contributed by atoms with E-state index in [0.717, 1.165) is 35.5 Å². The van der Waals surface area contributed by atoms with E-state index in [2.05, 4.69) is 30.8 Å². The Labute approximate surface area is 137 Å². The zero-order valence-electron chi connectivity index (χ0n) is 12.6. The summed E-state index contributed by atoms with van der Waals surface area (Å²) in [5.74, 6) is 0.743. The SMILES string of the molecule is CCC(CC)n1ccc(CC(CCl)c2ccccc2Cl)n1. The first-order valence-corrected chi connectivity index (χ1v) is 8.45. The molecule has 2 aromatic rings. The zero-order chi connectivity index (χ0) is 15.2. The lowest BCUT2D eigenvalue weighted by Gasteiger charge is -2.15. The van der Waals surface area contributed by atoms with Crippen LogP contribution in [0, 0.1) is 0 Å². The Bertz CT molecular complexity index is 561. The van der Waals surface area contributed by atoms with Gasteiger partial charge in [0.25, 0.3) is 0 Å². The highest BCUT2D eigenvalue weighted by Gasteiger charge is 2.16. The van der Waals surface area contributed by atoms with Crippen LogP contribution in [-0.2, 0) is 6.42 Å². The summed E-state index contributed by atoms with van der Waals surface area (Å²) in [5, 5.41) is 5.49. The van der Waals surface area contributed by atoms with Crippen LogP contribution < -0.4 is 0 Å². The highest BCUT2D eigenvalue weighted by Crippen LogP contribution is 2.28. The Morgan fingerprint density at radius 3 is 2.48 bits per heavy atom. The summed E-state index contributed by atoms with van der Waals surface area (Å²) < 4.78 is 2.08. The van der Waals surface area contributed by atoms with E-state index in [0.29, 0.717) is 11.9 Å². The Morgan fingerprint density at radius 1 is 1.14 bits per heavy atom. The molecule has 21 heavy (non-hydrogen) atoms. The van der Waals surface area contributed by atoms with Crippen molar-refractivity contribution in [2.45, 2.75) is 45.1 Å². The number of alkyl halides is 1. The zero-order valence-corrected chi connectivity index (χ0v) is 14.1. The lowest BCUT2D eigenvalue weighted by molar-refractivity contribution is 0.424. The number of nitrogens with zero attached hydrogens (tertiary/aromatic N) is 2. The molecule has 1 aromatic carbocycles. The highest BCUT2D eigenvalue weighted by molar-refractivity contribution is 6.31. The molecule has 1 aromatic heterocycles. The molecule has 2 nitrogen and oxygen atoms in total. The average Bonchev–Trinajstić information content (AvgIpc) is 2.95. The fourth-order valence-corrected chi connectivity index (χ4v) is 3.22. The molecule has 2 rings (SSSR count). The molecular formula is C17H22Cl2N2. The predicted molar refractivity (Wildman–Crippen MR) is 90.5 cm³/mol. The van der Waals surface area contributed by atoms with Gasteiger partial charge in [-0.1, -0.05) is 43.6 Å². The van der Waals surface area contributed by atoms with Gasteiger partial charge in [0.2, 0.25) is 0 Å². The number of aromatic nitrogens is 2. The van der Waals surface area contributed by atoms with Crippen LogP contribution in [0.15, 0.2) is 36.5 Å². The van der Waals surface area contributed by atoms with E-state index in [9.17, 15) is 0 Å². The van der Waals surface area contributed by atoms with Gasteiger partial charge in [-0.05, 0) is 37.0 Å². The molecule has 0 saturated carbocycles. The molecule has 4 heteroatoms. The molecule has 0 bridgehead atoms. The van der Waals surface area contributed by atoms with Crippen molar-refractivity contribution in [3.05, 3.63) is 52.8 Å². The normalized spacial score (nSPS) is 12.8. The van der Waals surface area contributed by atoms with E-state index < -0.39 is 0 Å². The summed E-state index contributed by atoms with van der Waals surface area (Å²) in [6.07, 6.45) is 5.09. The van der Waals surface area contributed by atoms with Crippen LogP contribution in [0.3, 0.4) is 0 Å². The number of hydrogen-bond acceptors (Lipinski definition) is 1. The second kappa shape index (κ2) is 7.86. The van der Waals surface area contributed by atoms with Crippen LogP contribution in [0.25, 0.3) is 0 Å². The topological polar surface area (TPSA) is 17.8 Å². The van der Waals surface area contributed by atoms with Gasteiger partial charge < -0.3 is 0 Å². The van der Waals surface area contributed by atoms with Gasteiger partial charge in [0.1, 0.15) is 0 Å². The van der Waals surface area contributed by atoms with Gasteiger partial charge in [0.15, 0.2) is 0 Å². The summed E-state index contributed by atoms with van der Waals surface area (Å²) >= 11 is 12.4. The molecule has 0 fully saturated rings. The quantitative estimate of drug-likeness (QED) is 0.618. The molecule has 0 aliphatic carbocycles. The maximum absolute atomic E-state index is 6.28. The second-order valence-electron chi connectivity index (χ2n) is 5.33. The third kappa shape index (κ3) is 4.02. The minimum Gasteiger partial charge on any atom is -0.269 e. The van der Waals surface area contributed by atoms with Crippen molar-refractivity contribution >= 4 is 23.2 Å². The van der Waals surface area contributed by atoms with Crippen molar-refractivity contribution in [3.63, 3.8) is 0 Å². The lowest BCUT2D eigenvalue weighted by Crippen LogP contribution is -2.10. The summed E-state index contributed by atoms with van der Waals surface area (Å²) in [6.45, 7) is 4.39. The fraction of sp³-hybridized carbons (Fsp3) is 0.471. The minimum absolute atomic E-state index is 0.199. The monoisotopic (exact) mass is 324 g/mol. The molecular weight excluding hydrogens is 303 g/mol. The number of halogens is 2. The van der Waals surface area contributed by atoms with E-state index in [4.69, 9.17) is 28.3 Å². The summed E-state index contributed by atoms with van der Waals surface area (Å²) in [7, 11) is 0. The average molecular weight is 325 g/mol. The Morgan fingerprint density at radius 2 is 1.86 bits per heavy atom. The highest BCUT2D eigenvalue weighted by atomic mass is 35.5. The van der Waals surface area contributed by atoms with E-state index in [-0.39, 0.29) is 5.92 Å². The molecule has 1 unspecified atom stereocenters. The number of rotatable bonds is 7. The summed E-state index contributed by atoms with van der Waals surface area (Å²) in [4.78, 5) is 0. The van der Waals surface area contributed by atoms with Gasteiger partial charge >= 0.3 is 0 Å². The Hall–Kier alpha value is -0.990. The summed E-state index contributed by atoms with van der Waals surface area (Å²) in [5.41, 5.74) is 2.18. The van der Waals surface area contributed by atoms with Crippen LogP contribution in [0.2, 0.25) is 5.02 Å². The van der Waals surface area contributed by atoms with Gasteiger partial charge in [-0.2, -0.15) is 5.10 Å². The number of hydrogen-bond donors (Lipinski definition) is 0. The minimum atomic E-state index is 0.199. The molecule has 0 radical (unpaired) electrons. The standard InChI is InChI=1S/C17H22Cl2N2/c1-3-15(4-2)21-10-9-14(20-21)11-13(12-18)16-7-5-6-8-17(16)19/h5-10,13,15H,3-4,11-12H2,1-2H3. The first-order chi connectivity index (χ1) is 10.2. The van der Waals surface area contributed by atoms with Gasteiger partial charge in [-0.3, -0.25) is 4.68 Å². The van der Waals surface area contributed by atoms with Crippen molar-refractivity contribution < 1.29 is 0 Å².